The number of carbonyl (C=O) groups excluding carboxylic acids is 1. The summed E-state index contributed by atoms with van der Waals surface area (Å²) in [5, 5.41) is 0. The molecule has 1 atom stereocenters. The van der Waals surface area contributed by atoms with Gasteiger partial charge in [0.05, 0.1) is 15.4 Å². The van der Waals surface area contributed by atoms with Gasteiger partial charge in [0.15, 0.2) is 8.32 Å². The first-order valence-electron chi connectivity index (χ1n) is 5.73. The van der Waals surface area contributed by atoms with Gasteiger partial charge in [-0.25, -0.2) is 4.79 Å². The molecule has 0 spiro atoms. The molecule has 0 rings (SSSR count). The Hall–Kier alpha value is -0.396. The number of rotatable bonds is 7. The highest BCUT2D eigenvalue weighted by atomic mass is 28.4. The fourth-order valence-electron chi connectivity index (χ4n) is 1.32. The SMILES string of the molecule is C=CC(=O)OCCC(O[Si](C)(C)C)[SiH](C)C. The van der Waals surface area contributed by atoms with E-state index in [1.165, 1.54) is 6.08 Å². The van der Waals surface area contributed by atoms with Crippen LogP contribution in [0.25, 0.3) is 0 Å². The molecule has 0 aliphatic rings. The van der Waals surface area contributed by atoms with Crippen molar-refractivity contribution in [3.63, 3.8) is 0 Å². The molecule has 5 heteroatoms. The van der Waals surface area contributed by atoms with Crippen LogP contribution < -0.4 is 0 Å². The van der Waals surface area contributed by atoms with Gasteiger partial charge in [0.1, 0.15) is 0 Å². The minimum Gasteiger partial charge on any atom is -0.462 e. The largest absolute Gasteiger partial charge is 0.462 e. The maximum atomic E-state index is 10.9. The van der Waals surface area contributed by atoms with Crippen molar-refractivity contribution in [3.8, 4) is 0 Å². The summed E-state index contributed by atoms with van der Waals surface area (Å²) in [4.78, 5) is 10.9. The Morgan fingerprint density at radius 1 is 1.44 bits per heavy atom. The zero-order chi connectivity index (χ0) is 12.8. The second-order valence-corrected chi connectivity index (χ2v) is 12.9. The van der Waals surface area contributed by atoms with Gasteiger partial charge in [-0.3, -0.25) is 0 Å². The van der Waals surface area contributed by atoms with Crippen LogP contribution in [-0.4, -0.2) is 35.4 Å². The molecule has 0 aliphatic heterocycles. The van der Waals surface area contributed by atoms with Crippen molar-refractivity contribution >= 4 is 23.1 Å². The van der Waals surface area contributed by atoms with E-state index in [0.717, 1.165) is 6.42 Å². The van der Waals surface area contributed by atoms with Gasteiger partial charge in [0, 0.05) is 18.2 Å². The zero-order valence-corrected chi connectivity index (χ0v) is 13.2. The van der Waals surface area contributed by atoms with Gasteiger partial charge in [-0.15, -0.1) is 0 Å². The maximum Gasteiger partial charge on any atom is 0.330 e. The van der Waals surface area contributed by atoms with Crippen LogP contribution in [0, 0.1) is 0 Å². The molecule has 1 unspecified atom stereocenters. The number of esters is 1. The molecule has 16 heavy (non-hydrogen) atoms. The molecular weight excluding hydrogens is 236 g/mol. The molecule has 0 amide bonds. The fourth-order valence-corrected chi connectivity index (χ4v) is 5.46. The molecule has 0 heterocycles. The lowest BCUT2D eigenvalue weighted by molar-refractivity contribution is -0.138. The van der Waals surface area contributed by atoms with E-state index in [2.05, 4.69) is 39.3 Å². The van der Waals surface area contributed by atoms with Gasteiger partial charge >= 0.3 is 5.97 Å². The zero-order valence-electron chi connectivity index (χ0n) is 11.1. The minimum atomic E-state index is -1.49. The van der Waals surface area contributed by atoms with Crippen LogP contribution in [0.2, 0.25) is 32.7 Å². The molecular formula is C11H24O3Si2. The Morgan fingerprint density at radius 3 is 2.38 bits per heavy atom. The predicted molar refractivity (Wildman–Crippen MR) is 72.9 cm³/mol. The van der Waals surface area contributed by atoms with E-state index in [4.69, 9.17) is 9.16 Å². The molecule has 0 aromatic rings. The van der Waals surface area contributed by atoms with Gasteiger partial charge in [0.2, 0.25) is 0 Å². The van der Waals surface area contributed by atoms with E-state index in [9.17, 15) is 4.79 Å². The Balaban J connectivity index is 4.05. The topological polar surface area (TPSA) is 35.5 Å². The molecule has 0 aliphatic carbocycles. The molecule has 0 aromatic carbocycles. The summed E-state index contributed by atoms with van der Waals surface area (Å²) in [5.41, 5.74) is 0.310. The van der Waals surface area contributed by atoms with Crippen LogP contribution >= 0.6 is 0 Å². The quantitative estimate of drug-likeness (QED) is 0.400. The van der Waals surface area contributed by atoms with Crippen molar-refractivity contribution in [2.75, 3.05) is 6.61 Å². The van der Waals surface area contributed by atoms with Crippen molar-refractivity contribution in [2.45, 2.75) is 44.9 Å². The monoisotopic (exact) mass is 260 g/mol. The van der Waals surface area contributed by atoms with E-state index in [0.29, 0.717) is 12.3 Å². The smallest absolute Gasteiger partial charge is 0.330 e. The van der Waals surface area contributed by atoms with Crippen LogP contribution in [-0.2, 0) is 14.0 Å². The highest BCUT2D eigenvalue weighted by Crippen LogP contribution is 2.13. The van der Waals surface area contributed by atoms with Crippen LogP contribution in [0.3, 0.4) is 0 Å². The lowest BCUT2D eigenvalue weighted by Gasteiger charge is -2.28. The summed E-state index contributed by atoms with van der Waals surface area (Å²) in [6, 6.07) is 0. The van der Waals surface area contributed by atoms with Crippen LogP contribution in [0.4, 0.5) is 0 Å². The van der Waals surface area contributed by atoms with Crippen molar-refractivity contribution in [1.82, 2.24) is 0 Å². The van der Waals surface area contributed by atoms with Crippen molar-refractivity contribution in [1.29, 1.82) is 0 Å². The highest BCUT2D eigenvalue weighted by Gasteiger charge is 2.23. The molecule has 0 bridgehead atoms. The van der Waals surface area contributed by atoms with Gasteiger partial charge in [0.25, 0.3) is 0 Å². The number of hydrogen-bond donors (Lipinski definition) is 0. The predicted octanol–water partition coefficient (Wildman–Crippen LogP) is 2.35. The average molecular weight is 260 g/mol. The normalized spacial score (nSPS) is 13.6. The number of carbonyl (C=O) groups is 1. The fraction of sp³-hybridized carbons (Fsp3) is 0.727. The van der Waals surface area contributed by atoms with Crippen molar-refractivity contribution in [2.24, 2.45) is 0 Å². The second-order valence-electron chi connectivity index (χ2n) is 5.17. The third kappa shape index (κ3) is 7.84. The van der Waals surface area contributed by atoms with Crippen LogP contribution in [0.5, 0.6) is 0 Å². The molecule has 3 nitrogen and oxygen atoms in total. The van der Waals surface area contributed by atoms with Gasteiger partial charge in [-0.05, 0) is 19.6 Å². The molecule has 0 aromatic heterocycles. The Bertz CT molecular complexity index is 234. The van der Waals surface area contributed by atoms with Crippen molar-refractivity contribution in [3.05, 3.63) is 12.7 Å². The van der Waals surface area contributed by atoms with Gasteiger partial charge in [-0.2, -0.15) is 0 Å². The van der Waals surface area contributed by atoms with Crippen LogP contribution in [0.15, 0.2) is 12.7 Å². The van der Waals surface area contributed by atoms with E-state index in [1.807, 2.05) is 0 Å². The second kappa shape index (κ2) is 7.03. The standard InChI is InChI=1S/C11H24O3Si2/c1-7-10(12)13-9-8-11(15(2)3)14-16(4,5)6/h7,11,15H,1,8-9H2,2-6H3. The summed E-state index contributed by atoms with van der Waals surface area (Å²) in [5.74, 6) is -0.350. The van der Waals surface area contributed by atoms with E-state index < -0.39 is 17.1 Å². The molecule has 0 saturated heterocycles. The van der Waals surface area contributed by atoms with E-state index >= 15 is 0 Å². The first kappa shape index (κ1) is 15.6. The maximum absolute atomic E-state index is 10.9. The van der Waals surface area contributed by atoms with Crippen molar-refractivity contribution < 1.29 is 14.0 Å². The summed E-state index contributed by atoms with van der Waals surface area (Å²) in [6.45, 7) is 14.9. The summed E-state index contributed by atoms with van der Waals surface area (Å²) in [7, 11) is -2.36. The summed E-state index contributed by atoms with van der Waals surface area (Å²) in [6.07, 6.45) is 2.01. The lowest BCUT2D eigenvalue weighted by atomic mass is 10.5. The molecule has 0 fully saturated rings. The first-order chi connectivity index (χ1) is 7.26. The molecule has 0 saturated carbocycles. The third-order valence-electron chi connectivity index (χ3n) is 2.06. The Morgan fingerprint density at radius 2 is 2.00 bits per heavy atom. The Kier molecular flexibility index (Phi) is 6.86. The minimum absolute atomic E-state index is 0.310. The van der Waals surface area contributed by atoms with Gasteiger partial charge < -0.3 is 9.16 Å². The first-order valence-corrected chi connectivity index (χ1v) is 12.1. The highest BCUT2D eigenvalue weighted by molar-refractivity contribution is 6.71. The summed E-state index contributed by atoms with van der Waals surface area (Å²) < 4.78 is 11.1. The average Bonchev–Trinajstić information content (AvgIpc) is 2.13. The molecule has 0 N–H and O–H groups in total. The molecule has 94 valence electrons. The molecule has 0 radical (unpaired) electrons. The Labute approximate surface area is 102 Å². The number of hydrogen-bond acceptors (Lipinski definition) is 3. The third-order valence-corrected chi connectivity index (χ3v) is 5.30. The van der Waals surface area contributed by atoms with Gasteiger partial charge in [-0.1, -0.05) is 19.7 Å². The lowest BCUT2D eigenvalue weighted by Crippen LogP contribution is -2.39. The van der Waals surface area contributed by atoms with E-state index in [-0.39, 0.29) is 5.97 Å². The summed E-state index contributed by atoms with van der Waals surface area (Å²) >= 11 is 0. The van der Waals surface area contributed by atoms with E-state index in [1.54, 1.807) is 0 Å². The number of ether oxygens (including phenoxy) is 1. The van der Waals surface area contributed by atoms with Crippen LogP contribution in [0.1, 0.15) is 6.42 Å².